The molecule has 0 aliphatic heterocycles. The van der Waals surface area contributed by atoms with Crippen LogP contribution >= 0.6 is 0 Å². The molecule has 4 nitrogen and oxygen atoms in total. The second kappa shape index (κ2) is 6.79. The standard InChI is InChI=1S/C10H20N2O2/c1-14-8-2-5-11-6-7-12-10(13)9-3-4-9/h9,11H,2-8H2,1H3,(H,12,13). The SMILES string of the molecule is COCCCNCCNC(=O)C1CC1. The molecule has 1 aliphatic carbocycles. The van der Waals surface area contributed by atoms with Crippen molar-refractivity contribution in [2.75, 3.05) is 33.4 Å². The fraction of sp³-hybridized carbons (Fsp3) is 0.900. The van der Waals surface area contributed by atoms with Crippen LogP contribution in [0.5, 0.6) is 0 Å². The second-order valence-corrected chi connectivity index (χ2v) is 3.66. The van der Waals surface area contributed by atoms with Crippen LogP contribution in [0.15, 0.2) is 0 Å². The van der Waals surface area contributed by atoms with Crippen LogP contribution in [-0.2, 0) is 9.53 Å². The first kappa shape index (κ1) is 11.5. The van der Waals surface area contributed by atoms with E-state index in [4.69, 9.17) is 4.74 Å². The maximum atomic E-state index is 11.2. The highest BCUT2D eigenvalue weighted by molar-refractivity contribution is 5.80. The summed E-state index contributed by atoms with van der Waals surface area (Å²) in [6.07, 6.45) is 3.17. The normalized spacial score (nSPS) is 15.5. The summed E-state index contributed by atoms with van der Waals surface area (Å²) in [5.41, 5.74) is 0. The molecule has 1 amide bonds. The number of ether oxygens (including phenoxy) is 1. The number of hydrogen-bond donors (Lipinski definition) is 2. The van der Waals surface area contributed by atoms with E-state index in [-0.39, 0.29) is 5.91 Å². The minimum Gasteiger partial charge on any atom is -0.385 e. The second-order valence-electron chi connectivity index (χ2n) is 3.66. The number of rotatable bonds is 8. The predicted molar refractivity (Wildman–Crippen MR) is 55.1 cm³/mol. The highest BCUT2D eigenvalue weighted by Gasteiger charge is 2.28. The van der Waals surface area contributed by atoms with Gasteiger partial charge in [0.1, 0.15) is 0 Å². The van der Waals surface area contributed by atoms with Gasteiger partial charge in [0.15, 0.2) is 0 Å². The predicted octanol–water partition coefficient (Wildman–Crippen LogP) is 0.139. The lowest BCUT2D eigenvalue weighted by Gasteiger charge is -2.05. The van der Waals surface area contributed by atoms with Gasteiger partial charge in [-0.15, -0.1) is 0 Å². The van der Waals surface area contributed by atoms with Crippen LogP contribution in [-0.4, -0.2) is 39.3 Å². The Kier molecular flexibility index (Phi) is 5.56. The zero-order chi connectivity index (χ0) is 10.2. The maximum absolute atomic E-state index is 11.2. The van der Waals surface area contributed by atoms with E-state index in [1.807, 2.05) is 0 Å². The molecule has 82 valence electrons. The Bertz CT molecular complexity index is 170. The van der Waals surface area contributed by atoms with Crippen molar-refractivity contribution in [1.82, 2.24) is 10.6 Å². The number of methoxy groups -OCH3 is 1. The summed E-state index contributed by atoms with van der Waals surface area (Å²) in [7, 11) is 1.70. The number of hydrogen-bond acceptors (Lipinski definition) is 3. The van der Waals surface area contributed by atoms with Crippen LogP contribution in [0.2, 0.25) is 0 Å². The minimum absolute atomic E-state index is 0.226. The molecular weight excluding hydrogens is 180 g/mol. The lowest BCUT2D eigenvalue weighted by molar-refractivity contribution is -0.122. The van der Waals surface area contributed by atoms with Crippen molar-refractivity contribution in [2.45, 2.75) is 19.3 Å². The smallest absolute Gasteiger partial charge is 0.223 e. The van der Waals surface area contributed by atoms with E-state index in [1.54, 1.807) is 7.11 Å². The summed E-state index contributed by atoms with van der Waals surface area (Å²) in [5, 5.41) is 6.14. The molecule has 1 saturated carbocycles. The van der Waals surface area contributed by atoms with E-state index < -0.39 is 0 Å². The minimum atomic E-state index is 0.226. The first-order valence-corrected chi connectivity index (χ1v) is 5.32. The van der Waals surface area contributed by atoms with E-state index in [1.165, 1.54) is 0 Å². The fourth-order valence-electron chi connectivity index (χ4n) is 1.23. The molecule has 2 N–H and O–H groups in total. The topological polar surface area (TPSA) is 50.4 Å². The molecule has 0 aromatic rings. The quantitative estimate of drug-likeness (QED) is 0.548. The lowest BCUT2D eigenvalue weighted by atomic mass is 10.4. The molecule has 0 aromatic carbocycles. The van der Waals surface area contributed by atoms with Crippen LogP contribution in [0, 0.1) is 5.92 Å². The first-order chi connectivity index (χ1) is 6.84. The van der Waals surface area contributed by atoms with Gasteiger partial charge in [-0.25, -0.2) is 0 Å². The third-order valence-corrected chi connectivity index (χ3v) is 2.25. The average molecular weight is 200 g/mol. The summed E-state index contributed by atoms with van der Waals surface area (Å²) in [6.45, 7) is 3.33. The molecule has 1 aliphatic rings. The molecule has 0 heterocycles. The van der Waals surface area contributed by atoms with Crippen molar-refractivity contribution >= 4 is 5.91 Å². The molecule has 0 spiro atoms. The Labute approximate surface area is 85.4 Å². The highest BCUT2D eigenvalue weighted by atomic mass is 16.5. The zero-order valence-electron chi connectivity index (χ0n) is 8.84. The Morgan fingerprint density at radius 2 is 2.14 bits per heavy atom. The summed E-state index contributed by atoms with van der Waals surface area (Å²) in [4.78, 5) is 11.2. The number of nitrogens with one attached hydrogen (secondary N) is 2. The van der Waals surface area contributed by atoms with E-state index in [9.17, 15) is 4.79 Å². The van der Waals surface area contributed by atoms with Gasteiger partial charge < -0.3 is 15.4 Å². The molecule has 1 fully saturated rings. The van der Waals surface area contributed by atoms with Gasteiger partial charge in [0.2, 0.25) is 5.91 Å². The van der Waals surface area contributed by atoms with Gasteiger partial charge in [-0.2, -0.15) is 0 Å². The van der Waals surface area contributed by atoms with E-state index in [2.05, 4.69) is 10.6 Å². The Hall–Kier alpha value is -0.610. The van der Waals surface area contributed by atoms with Gasteiger partial charge >= 0.3 is 0 Å². The monoisotopic (exact) mass is 200 g/mol. The van der Waals surface area contributed by atoms with Crippen LogP contribution < -0.4 is 10.6 Å². The van der Waals surface area contributed by atoms with Gasteiger partial charge in [0.05, 0.1) is 0 Å². The molecular formula is C10H20N2O2. The summed E-state index contributed by atoms with van der Waals surface area (Å²) >= 11 is 0. The molecule has 0 aromatic heterocycles. The van der Waals surface area contributed by atoms with Crippen molar-refractivity contribution < 1.29 is 9.53 Å². The van der Waals surface area contributed by atoms with Crippen LogP contribution in [0.25, 0.3) is 0 Å². The molecule has 0 saturated heterocycles. The maximum Gasteiger partial charge on any atom is 0.223 e. The Morgan fingerprint density at radius 1 is 1.36 bits per heavy atom. The Balaban J connectivity index is 1.77. The van der Waals surface area contributed by atoms with Crippen LogP contribution in [0.1, 0.15) is 19.3 Å². The largest absolute Gasteiger partial charge is 0.385 e. The van der Waals surface area contributed by atoms with Crippen LogP contribution in [0.3, 0.4) is 0 Å². The van der Waals surface area contributed by atoms with E-state index in [0.29, 0.717) is 5.92 Å². The van der Waals surface area contributed by atoms with Crippen molar-refractivity contribution in [2.24, 2.45) is 5.92 Å². The van der Waals surface area contributed by atoms with E-state index >= 15 is 0 Å². The van der Waals surface area contributed by atoms with Crippen molar-refractivity contribution in [1.29, 1.82) is 0 Å². The highest BCUT2D eigenvalue weighted by Crippen LogP contribution is 2.28. The van der Waals surface area contributed by atoms with Crippen LogP contribution in [0.4, 0.5) is 0 Å². The fourth-order valence-corrected chi connectivity index (χ4v) is 1.23. The molecule has 0 unspecified atom stereocenters. The summed E-state index contributed by atoms with van der Waals surface area (Å²) in [6, 6.07) is 0. The average Bonchev–Trinajstić information content (AvgIpc) is 2.99. The number of amides is 1. The van der Waals surface area contributed by atoms with E-state index in [0.717, 1.165) is 45.5 Å². The summed E-state index contributed by atoms with van der Waals surface area (Å²) < 4.78 is 4.92. The van der Waals surface area contributed by atoms with Gasteiger partial charge in [-0.1, -0.05) is 0 Å². The molecule has 1 rings (SSSR count). The van der Waals surface area contributed by atoms with Crippen molar-refractivity contribution in [3.05, 3.63) is 0 Å². The number of carbonyl (C=O) groups is 1. The van der Waals surface area contributed by atoms with Gasteiger partial charge in [0, 0.05) is 32.7 Å². The van der Waals surface area contributed by atoms with Crippen molar-refractivity contribution in [3.63, 3.8) is 0 Å². The number of carbonyl (C=O) groups excluding carboxylic acids is 1. The van der Waals surface area contributed by atoms with Gasteiger partial charge in [-0.05, 0) is 25.8 Å². The third kappa shape index (κ3) is 5.19. The molecule has 0 radical (unpaired) electrons. The summed E-state index contributed by atoms with van der Waals surface area (Å²) in [5.74, 6) is 0.548. The van der Waals surface area contributed by atoms with Gasteiger partial charge in [-0.3, -0.25) is 4.79 Å². The molecule has 4 heteroatoms. The first-order valence-electron chi connectivity index (χ1n) is 5.32. The van der Waals surface area contributed by atoms with Crippen molar-refractivity contribution in [3.8, 4) is 0 Å². The molecule has 0 atom stereocenters. The van der Waals surface area contributed by atoms with Gasteiger partial charge in [0.25, 0.3) is 0 Å². The Morgan fingerprint density at radius 3 is 2.79 bits per heavy atom. The lowest BCUT2D eigenvalue weighted by Crippen LogP contribution is -2.33. The molecule has 14 heavy (non-hydrogen) atoms. The molecule has 0 bridgehead atoms. The zero-order valence-corrected chi connectivity index (χ0v) is 8.84. The third-order valence-electron chi connectivity index (χ3n) is 2.25.